The lowest BCUT2D eigenvalue weighted by molar-refractivity contribution is 0.143. The number of hydrogen-bond acceptors (Lipinski definition) is 1. The average molecular weight is 334 g/mol. The van der Waals surface area contributed by atoms with E-state index in [9.17, 15) is 4.79 Å². The molecule has 0 bridgehead atoms. The van der Waals surface area contributed by atoms with E-state index in [0.717, 1.165) is 54.9 Å². The van der Waals surface area contributed by atoms with Crippen LogP contribution in [0.15, 0.2) is 24.3 Å². The van der Waals surface area contributed by atoms with Crippen molar-refractivity contribution in [2.45, 2.75) is 32.6 Å². The number of nitrogens with one attached hydrogen (secondary N) is 1. The lowest BCUT2D eigenvalue weighted by Crippen LogP contribution is -2.46. The van der Waals surface area contributed by atoms with Crippen molar-refractivity contribution < 1.29 is 4.79 Å². The van der Waals surface area contributed by atoms with E-state index in [1.807, 2.05) is 41.8 Å². The number of piperidine rings is 1. The summed E-state index contributed by atoms with van der Waals surface area (Å²) < 4.78 is 0. The summed E-state index contributed by atoms with van der Waals surface area (Å²) in [4.78, 5) is 19.8. The molecule has 0 atom stereocenters. The summed E-state index contributed by atoms with van der Waals surface area (Å²) in [6.45, 7) is 7.27. The van der Waals surface area contributed by atoms with Gasteiger partial charge in [0.2, 0.25) is 0 Å². The highest BCUT2D eigenvalue weighted by molar-refractivity contribution is 6.31. The van der Waals surface area contributed by atoms with Gasteiger partial charge in [-0.1, -0.05) is 11.6 Å². The van der Waals surface area contributed by atoms with Crippen LogP contribution in [0.1, 0.15) is 38.3 Å². The largest absolute Gasteiger partial charge is 0.358 e. The van der Waals surface area contributed by atoms with Crippen LogP contribution in [0.2, 0.25) is 5.02 Å². The molecular formula is C18H24ClN3O. The predicted octanol–water partition coefficient (Wildman–Crippen LogP) is 4.46. The van der Waals surface area contributed by atoms with Gasteiger partial charge in [0, 0.05) is 53.7 Å². The number of rotatable bonds is 3. The van der Waals surface area contributed by atoms with Gasteiger partial charge in [-0.3, -0.25) is 0 Å². The van der Waals surface area contributed by atoms with Crippen LogP contribution in [0.5, 0.6) is 0 Å². The van der Waals surface area contributed by atoms with Crippen molar-refractivity contribution in [1.29, 1.82) is 0 Å². The Hall–Kier alpha value is -1.68. The van der Waals surface area contributed by atoms with Crippen molar-refractivity contribution in [2.75, 3.05) is 26.2 Å². The highest BCUT2D eigenvalue weighted by Gasteiger charge is 2.26. The quantitative estimate of drug-likeness (QED) is 0.884. The van der Waals surface area contributed by atoms with Gasteiger partial charge in [0.15, 0.2) is 0 Å². The molecule has 1 aliphatic rings. The van der Waals surface area contributed by atoms with Crippen LogP contribution in [0.4, 0.5) is 4.79 Å². The van der Waals surface area contributed by atoms with Crippen molar-refractivity contribution in [1.82, 2.24) is 14.8 Å². The number of carbonyl (C=O) groups excluding carboxylic acids is 1. The second-order valence-corrected chi connectivity index (χ2v) is 6.61. The number of hydrogen-bond donors (Lipinski definition) is 1. The van der Waals surface area contributed by atoms with Gasteiger partial charge >= 0.3 is 6.03 Å². The Balaban J connectivity index is 1.67. The summed E-state index contributed by atoms with van der Waals surface area (Å²) >= 11 is 6.06. The van der Waals surface area contributed by atoms with Crippen LogP contribution in [0, 0.1) is 0 Å². The molecule has 4 nitrogen and oxygen atoms in total. The number of fused-ring (bicyclic) bond motifs is 1. The van der Waals surface area contributed by atoms with Gasteiger partial charge in [-0.2, -0.15) is 0 Å². The van der Waals surface area contributed by atoms with Crippen molar-refractivity contribution in [3.8, 4) is 0 Å². The highest BCUT2D eigenvalue weighted by atomic mass is 35.5. The Kier molecular flexibility index (Phi) is 4.81. The molecule has 1 aromatic heterocycles. The molecule has 0 spiro atoms. The number of aromatic amines is 1. The lowest BCUT2D eigenvalue weighted by atomic mass is 9.93. The molecule has 1 saturated heterocycles. The van der Waals surface area contributed by atoms with E-state index < -0.39 is 0 Å². The molecule has 23 heavy (non-hydrogen) atoms. The summed E-state index contributed by atoms with van der Waals surface area (Å²) in [6.07, 6.45) is 2.02. The third kappa shape index (κ3) is 3.32. The van der Waals surface area contributed by atoms with Gasteiger partial charge in [-0.25, -0.2) is 4.79 Å². The molecule has 1 N–H and O–H groups in total. The number of urea groups is 1. The van der Waals surface area contributed by atoms with Crippen molar-refractivity contribution in [2.24, 2.45) is 0 Å². The smallest absolute Gasteiger partial charge is 0.319 e. The molecular weight excluding hydrogens is 310 g/mol. The maximum absolute atomic E-state index is 12.4. The monoisotopic (exact) mass is 333 g/mol. The minimum Gasteiger partial charge on any atom is -0.358 e. The topological polar surface area (TPSA) is 39.3 Å². The maximum atomic E-state index is 12.4. The average Bonchev–Trinajstić information content (AvgIpc) is 2.99. The Morgan fingerprint density at radius 3 is 2.61 bits per heavy atom. The van der Waals surface area contributed by atoms with Gasteiger partial charge in [0.05, 0.1) is 0 Å². The molecule has 5 heteroatoms. The molecule has 0 saturated carbocycles. The van der Waals surface area contributed by atoms with E-state index in [1.54, 1.807) is 0 Å². The number of nitrogens with zero attached hydrogens (tertiary/aromatic N) is 2. The van der Waals surface area contributed by atoms with Crippen LogP contribution in [-0.2, 0) is 0 Å². The molecule has 0 radical (unpaired) electrons. The molecule has 1 aliphatic heterocycles. The highest BCUT2D eigenvalue weighted by Crippen LogP contribution is 2.31. The van der Waals surface area contributed by atoms with E-state index in [4.69, 9.17) is 11.6 Å². The number of carbonyl (C=O) groups is 1. The summed E-state index contributed by atoms with van der Waals surface area (Å²) in [5.74, 6) is 0.488. The van der Waals surface area contributed by atoms with E-state index >= 15 is 0 Å². The zero-order chi connectivity index (χ0) is 16.4. The van der Waals surface area contributed by atoms with Gasteiger partial charge in [0.1, 0.15) is 0 Å². The normalized spacial score (nSPS) is 16.0. The van der Waals surface area contributed by atoms with Crippen molar-refractivity contribution in [3.63, 3.8) is 0 Å². The fourth-order valence-corrected chi connectivity index (χ4v) is 3.60. The van der Waals surface area contributed by atoms with Crippen molar-refractivity contribution >= 4 is 28.5 Å². The zero-order valence-corrected chi connectivity index (χ0v) is 14.6. The fraction of sp³-hybridized carbons (Fsp3) is 0.500. The molecule has 2 aromatic rings. The van der Waals surface area contributed by atoms with E-state index in [1.165, 1.54) is 5.69 Å². The first-order chi connectivity index (χ1) is 11.1. The minimum absolute atomic E-state index is 0.178. The van der Waals surface area contributed by atoms with E-state index in [2.05, 4.69) is 11.1 Å². The first kappa shape index (κ1) is 16.2. The van der Waals surface area contributed by atoms with Crippen LogP contribution >= 0.6 is 11.6 Å². The summed E-state index contributed by atoms with van der Waals surface area (Å²) in [5, 5.41) is 1.93. The van der Waals surface area contributed by atoms with Crippen LogP contribution in [0.25, 0.3) is 10.9 Å². The molecule has 2 heterocycles. The number of aromatic nitrogens is 1. The van der Waals surface area contributed by atoms with Gasteiger partial charge < -0.3 is 14.8 Å². The van der Waals surface area contributed by atoms with E-state index in [0.29, 0.717) is 5.92 Å². The van der Waals surface area contributed by atoms with Crippen LogP contribution < -0.4 is 0 Å². The second kappa shape index (κ2) is 6.83. The Bertz CT molecular complexity index is 685. The van der Waals surface area contributed by atoms with Crippen LogP contribution in [-0.4, -0.2) is 47.0 Å². The zero-order valence-electron chi connectivity index (χ0n) is 13.8. The summed E-state index contributed by atoms with van der Waals surface area (Å²) in [5.41, 5.74) is 2.39. The van der Waals surface area contributed by atoms with Crippen LogP contribution in [0.3, 0.4) is 0 Å². The number of benzene rings is 1. The Morgan fingerprint density at radius 1 is 1.26 bits per heavy atom. The molecule has 2 amide bonds. The molecule has 3 rings (SSSR count). The van der Waals surface area contributed by atoms with Gasteiger partial charge in [-0.05, 0) is 51.0 Å². The van der Waals surface area contributed by atoms with Crippen molar-refractivity contribution in [3.05, 3.63) is 35.0 Å². The minimum atomic E-state index is 0.178. The SMILES string of the molecule is CCN(CC)C(=O)N1CCC(c2cc3cc(Cl)ccc3[nH]2)CC1. The number of halogens is 1. The van der Waals surface area contributed by atoms with E-state index in [-0.39, 0.29) is 6.03 Å². The summed E-state index contributed by atoms with van der Waals surface area (Å²) in [6, 6.07) is 8.32. The molecule has 0 unspecified atom stereocenters. The molecule has 1 fully saturated rings. The lowest BCUT2D eigenvalue weighted by Gasteiger charge is -2.35. The van der Waals surface area contributed by atoms with Gasteiger partial charge in [0.25, 0.3) is 0 Å². The maximum Gasteiger partial charge on any atom is 0.319 e. The Labute approximate surface area is 142 Å². The first-order valence-electron chi connectivity index (χ1n) is 8.44. The second-order valence-electron chi connectivity index (χ2n) is 6.17. The van der Waals surface area contributed by atoms with Gasteiger partial charge in [-0.15, -0.1) is 0 Å². The number of H-pyrrole nitrogens is 1. The number of amides is 2. The molecule has 1 aromatic carbocycles. The summed E-state index contributed by atoms with van der Waals surface area (Å²) in [7, 11) is 0. The molecule has 124 valence electrons. The Morgan fingerprint density at radius 2 is 1.96 bits per heavy atom. The standard InChI is InChI=1S/C18H24ClN3O/c1-3-21(4-2)18(23)22-9-7-13(8-10-22)17-12-14-11-15(19)5-6-16(14)20-17/h5-6,11-13,20H,3-4,7-10H2,1-2H3. The fourth-order valence-electron chi connectivity index (χ4n) is 3.42. The first-order valence-corrected chi connectivity index (χ1v) is 8.82. The third-order valence-electron chi connectivity index (χ3n) is 4.84. The number of likely N-dealkylation sites (tertiary alicyclic amines) is 1. The third-order valence-corrected chi connectivity index (χ3v) is 5.08. The predicted molar refractivity (Wildman–Crippen MR) is 95.2 cm³/mol. The molecule has 0 aliphatic carbocycles.